The number of amides is 1. The van der Waals surface area contributed by atoms with Gasteiger partial charge >= 0.3 is 0 Å². The van der Waals surface area contributed by atoms with Gasteiger partial charge in [0, 0.05) is 26.2 Å². The molecule has 0 atom stereocenters. The molecule has 106 valence electrons. The van der Waals surface area contributed by atoms with Gasteiger partial charge in [-0.05, 0) is 6.92 Å². The molecule has 0 saturated carbocycles. The van der Waals surface area contributed by atoms with Crippen molar-refractivity contribution in [3.63, 3.8) is 0 Å². The summed E-state index contributed by atoms with van der Waals surface area (Å²) >= 11 is 0. The number of hydrogen-bond donors (Lipinski definition) is 2. The molecule has 0 aromatic heterocycles. The summed E-state index contributed by atoms with van der Waals surface area (Å²) in [5, 5.41) is 5.90. The minimum absolute atomic E-state index is 0.116. The van der Waals surface area contributed by atoms with E-state index in [4.69, 9.17) is 14.2 Å². The summed E-state index contributed by atoms with van der Waals surface area (Å²) in [6.07, 6.45) is 0. The average Bonchev–Trinajstić information content (AvgIpc) is 2.29. The zero-order valence-corrected chi connectivity index (χ0v) is 11.1. The number of carbonyl (C=O) groups excluding carboxylic acids is 1. The van der Waals surface area contributed by atoms with Crippen LogP contribution in [0.4, 0.5) is 0 Å². The molecule has 0 aromatic carbocycles. The Balaban J connectivity index is 1.74. The minimum Gasteiger partial charge on any atom is -0.379 e. The van der Waals surface area contributed by atoms with Gasteiger partial charge in [-0.15, -0.1) is 0 Å². The van der Waals surface area contributed by atoms with Gasteiger partial charge in [0.15, 0.2) is 0 Å². The fourth-order valence-electron chi connectivity index (χ4n) is 1.45. The number of nitrogens with one attached hydrogen (secondary N) is 2. The van der Waals surface area contributed by atoms with Gasteiger partial charge in [-0.25, -0.2) is 0 Å². The van der Waals surface area contributed by atoms with E-state index in [1.165, 1.54) is 0 Å². The highest BCUT2D eigenvalue weighted by Gasteiger charge is 2.23. The SMILES string of the molecule is CCOCCOCCOCCNC(=O)C1CNC1. The van der Waals surface area contributed by atoms with Gasteiger partial charge in [0.25, 0.3) is 0 Å². The quantitative estimate of drug-likeness (QED) is 0.485. The highest BCUT2D eigenvalue weighted by molar-refractivity contribution is 5.79. The van der Waals surface area contributed by atoms with Crippen LogP contribution in [0.25, 0.3) is 0 Å². The lowest BCUT2D eigenvalue weighted by molar-refractivity contribution is -0.126. The molecular formula is C12H24N2O4. The van der Waals surface area contributed by atoms with E-state index >= 15 is 0 Å². The number of ether oxygens (including phenoxy) is 3. The van der Waals surface area contributed by atoms with Crippen LogP contribution in [-0.4, -0.2) is 65.2 Å². The van der Waals surface area contributed by atoms with Gasteiger partial charge < -0.3 is 24.8 Å². The molecular weight excluding hydrogens is 236 g/mol. The van der Waals surface area contributed by atoms with E-state index in [1.54, 1.807) is 0 Å². The van der Waals surface area contributed by atoms with E-state index in [1.807, 2.05) is 6.92 Å². The molecule has 0 aliphatic carbocycles. The van der Waals surface area contributed by atoms with Crippen LogP contribution in [0.2, 0.25) is 0 Å². The van der Waals surface area contributed by atoms with Gasteiger partial charge in [0.05, 0.1) is 39.0 Å². The van der Waals surface area contributed by atoms with Crippen molar-refractivity contribution in [1.82, 2.24) is 10.6 Å². The largest absolute Gasteiger partial charge is 0.379 e. The molecule has 0 unspecified atom stereocenters. The molecule has 6 heteroatoms. The molecule has 0 bridgehead atoms. The van der Waals surface area contributed by atoms with Crippen LogP contribution >= 0.6 is 0 Å². The number of rotatable bonds is 11. The van der Waals surface area contributed by atoms with E-state index in [9.17, 15) is 4.79 Å². The zero-order valence-electron chi connectivity index (χ0n) is 11.1. The third kappa shape index (κ3) is 6.90. The molecule has 1 aliphatic heterocycles. The Labute approximate surface area is 108 Å². The van der Waals surface area contributed by atoms with Gasteiger partial charge in [-0.1, -0.05) is 0 Å². The number of carbonyl (C=O) groups is 1. The molecule has 18 heavy (non-hydrogen) atoms. The van der Waals surface area contributed by atoms with Crippen LogP contribution in [0.1, 0.15) is 6.92 Å². The summed E-state index contributed by atoms with van der Waals surface area (Å²) in [5.41, 5.74) is 0. The maximum Gasteiger partial charge on any atom is 0.225 e. The molecule has 6 nitrogen and oxygen atoms in total. The van der Waals surface area contributed by atoms with Crippen LogP contribution in [0, 0.1) is 5.92 Å². The zero-order chi connectivity index (χ0) is 13.1. The Morgan fingerprint density at radius 3 is 2.28 bits per heavy atom. The molecule has 1 aliphatic rings. The van der Waals surface area contributed by atoms with E-state index in [2.05, 4.69) is 10.6 Å². The molecule has 2 N–H and O–H groups in total. The summed E-state index contributed by atoms with van der Waals surface area (Å²) in [5.74, 6) is 0.261. The monoisotopic (exact) mass is 260 g/mol. The van der Waals surface area contributed by atoms with Crippen molar-refractivity contribution in [2.45, 2.75) is 6.92 Å². The third-order valence-electron chi connectivity index (χ3n) is 2.65. The first-order valence-corrected chi connectivity index (χ1v) is 6.56. The molecule has 0 aromatic rings. The van der Waals surface area contributed by atoms with E-state index in [-0.39, 0.29) is 11.8 Å². The van der Waals surface area contributed by atoms with Crippen molar-refractivity contribution < 1.29 is 19.0 Å². The Hall–Kier alpha value is -0.690. The van der Waals surface area contributed by atoms with Crippen LogP contribution in [0.3, 0.4) is 0 Å². The third-order valence-corrected chi connectivity index (χ3v) is 2.65. The first-order chi connectivity index (χ1) is 8.84. The Morgan fingerprint density at radius 1 is 1.11 bits per heavy atom. The summed E-state index contributed by atoms with van der Waals surface area (Å²) in [6.45, 7) is 7.69. The lowest BCUT2D eigenvalue weighted by Crippen LogP contribution is -2.51. The first kappa shape index (κ1) is 15.4. The van der Waals surface area contributed by atoms with E-state index in [0.717, 1.165) is 19.7 Å². The van der Waals surface area contributed by atoms with E-state index < -0.39 is 0 Å². The predicted octanol–water partition coefficient (Wildman–Crippen LogP) is -0.608. The fraction of sp³-hybridized carbons (Fsp3) is 0.917. The van der Waals surface area contributed by atoms with Gasteiger partial charge in [0.2, 0.25) is 5.91 Å². The van der Waals surface area contributed by atoms with Crippen molar-refractivity contribution in [1.29, 1.82) is 0 Å². The van der Waals surface area contributed by atoms with Crippen LogP contribution in [-0.2, 0) is 19.0 Å². The number of hydrogen-bond acceptors (Lipinski definition) is 5. The van der Waals surface area contributed by atoms with Crippen molar-refractivity contribution in [2.24, 2.45) is 5.92 Å². The van der Waals surface area contributed by atoms with Gasteiger partial charge in [0.1, 0.15) is 0 Å². The van der Waals surface area contributed by atoms with Crippen molar-refractivity contribution in [3.8, 4) is 0 Å². The van der Waals surface area contributed by atoms with Crippen LogP contribution < -0.4 is 10.6 Å². The molecule has 1 amide bonds. The Morgan fingerprint density at radius 2 is 1.72 bits per heavy atom. The predicted molar refractivity (Wildman–Crippen MR) is 67.5 cm³/mol. The topological polar surface area (TPSA) is 68.8 Å². The standard InChI is InChI=1S/C12H24N2O4/c1-2-16-5-6-18-8-7-17-4-3-14-12(15)11-9-13-10-11/h11,13H,2-10H2,1H3,(H,14,15). The molecule has 0 spiro atoms. The fourth-order valence-corrected chi connectivity index (χ4v) is 1.45. The lowest BCUT2D eigenvalue weighted by Gasteiger charge is -2.25. The molecule has 1 heterocycles. The molecule has 1 rings (SSSR count). The maximum absolute atomic E-state index is 11.4. The van der Waals surface area contributed by atoms with Crippen molar-refractivity contribution in [2.75, 3.05) is 59.3 Å². The first-order valence-electron chi connectivity index (χ1n) is 6.56. The smallest absolute Gasteiger partial charge is 0.225 e. The normalized spacial score (nSPS) is 15.4. The van der Waals surface area contributed by atoms with Crippen LogP contribution in [0.5, 0.6) is 0 Å². The second-order valence-corrected chi connectivity index (χ2v) is 4.07. The van der Waals surface area contributed by atoms with Gasteiger partial charge in [-0.3, -0.25) is 4.79 Å². The molecule has 1 fully saturated rings. The second kappa shape index (κ2) is 10.3. The Kier molecular flexibility index (Phi) is 8.75. The van der Waals surface area contributed by atoms with Crippen LogP contribution in [0.15, 0.2) is 0 Å². The maximum atomic E-state index is 11.4. The summed E-state index contributed by atoms with van der Waals surface area (Å²) in [6, 6.07) is 0. The van der Waals surface area contributed by atoms with Gasteiger partial charge in [-0.2, -0.15) is 0 Å². The second-order valence-electron chi connectivity index (χ2n) is 4.07. The van der Waals surface area contributed by atoms with Crippen molar-refractivity contribution in [3.05, 3.63) is 0 Å². The lowest BCUT2D eigenvalue weighted by atomic mass is 10.0. The van der Waals surface area contributed by atoms with E-state index in [0.29, 0.717) is 39.6 Å². The van der Waals surface area contributed by atoms with Crippen molar-refractivity contribution >= 4 is 5.91 Å². The minimum atomic E-state index is 0.116. The summed E-state index contributed by atoms with van der Waals surface area (Å²) < 4.78 is 15.7. The Bertz CT molecular complexity index is 222. The molecule has 0 radical (unpaired) electrons. The highest BCUT2D eigenvalue weighted by atomic mass is 16.5. The highest BCUT2D eigenvalue weighted by Crippen LogP contribution is 2.01. The summed E-state index contributed by atoms with van der Waals surface area (Å²) in [7, 11) is 0. The summed E-state index contributed by atoms with van der Waals surface area (Å²) in [4.78, 5) is 11.4. The molecule has 1 saturated heterocycles. The average molecular weight is 260 g/mol.